The lowest BCUT2D eigenvalue weighted by Crippen LogP contribution is -2.43. The highest BCUT2D eigenvalue weighted by Crippen LogP contribution is 2.41. The van der Waals surface area contributed by atoms with Crippen LogP contribution < -0.4 is 4.90 Å². The molecule has 0 atom stereocenters. The van der Waals surface area contributed by atoms with Gasteiger partial charge in [0.15, 0.2) is 5.82 Å². The van der Waals surface area contributed by atoms with Gasteiger partial charge in [0, 0.05) is 21.2 Å². The molecule has 4 rings (SSSR count). The molecule has 1 amide bonds. The van der Waals surface area contributed by atoms with Crippen LogP contribution in [0.4, 0.5) is 10.6 Å². The van der Waals surface area contributed by atoms with Crippen molar-refractivity contribution in [2.24, 2.45) is 0 Å². The van der Waals surface area contributed by atoms with E-state index in [0.717, 1.165) is 5.56 Å². The van der Waals surface area contributed by atoms with Crippen molar-refractivity contribution in [1.82, 2.24) is 4.98 Å². The minimum absolute atomic E-state index is 0.189. The molecule has 5 nitrogen and oxygen atoms in total. The highest BCUT2D eigenvalue weighted by Gasteiger charge is 2.43. The minimum atomic E-state index is -0.668. The van der Waals surface area contributed by atoms with Crippen molar-refractivity contribution in [3.8, 4) is 28.5 Å². The Labute approximate surface area is 194 Å². The zero-order valence-corrected chi connectivity index (χ0v) is 18.9. The van der Waals surface area contributed by atoms with Crippen LogP contribution in [0.3, 0.4) is 0 Å². The van der Waals surface area contributed by atoms with E-state index in [2.05, 4.69) is 6.07 Å². The quantitative estimate of drug-likeness (QED) is 0.412. The first-order valence-corrected chi connectivity index (χ1v) is 10.5. The van der Waals surface area contributed by atoms with Gasteiger partial charge in [-0.3, -0.25) is 4.90 Å². The highest BCUT2D eigenvalue weighted by atomic mass is 35.5. The number of rotatable bonds is 3. The average Bonchev–Trinajstić information content (AvgIpc) is 3.00. The SMILES string of the molecule is CC1(C)COC(=O)N1c1nc(-c2ccc(Cl)cc2Cl)c(-c2ccc(Cl)cc2)cc1C#N. The molecular weight excluding hydrogens is 457 g/mol. The lowest BCUT2D eigenvalue weighted by atomic mass is 9.96. The first kappa shape index (κ1) is 21.5. The van der Waals surface area contributed by atoms with E-state index in [0.29, 0.717) is 31.9 Å². The van der Waals surface area contributed by atoms with Gasteiger partial charge >= 0.3 is 6.09 Å². The fourth-order valence-electron chi connectivity index (χ4n) is 3.48. The van der Waals surface area contributed by atoms with Gasteiger partial charge in [-0.05, 0) is 55.8 Å². The van der Waals surface area contributed by atoms with Crippen molar-refractivity contribution in [2.45, 2.75) is 19.4 Å². The second-order valence-electron chi connectivity index (χ2n) is 7.70. The molecule has 0 N–H and O–H groups in total. The number of carbonyl (C=O) groups excluding carboxylic acids is 1. The number of halogens is 3. The molecule has 1 aliphatic rings. The smallest absolute Gasteiger partial charge is 0.416 e. The summed E-state index contributed by atoms with van der Waals surface area (Å²) in [6.45, 7) is 3.89. The molecule has 1 fully saturated rings. The van der Waals surface area contributed by atoms with E-state index in [1.165, 1.54) is 4.90 Å². The number of hydrogen-bond donors (Lipinski definition) is 0. The van der Waals surface area contributed by atoms with Gasteiger partial charge in [0.1, 0.15) is 12.7 Å². The van der Waals surface area contributed by atoms with Crippen LogP contribution >= 0.6 is 34.8 Å². The molecule has 0 aliphatic carbocycles. The maximum Gasteiger partial charge on any atom is 0.416 e. The molecule has 156 valence electrons. The summed E-state index contributed by atoms with van der Waals surface area (Å²) in [6, 6.07) is 16.1. The number of benzene rings is 2. The van der Waals surface area contributed by atoms with E-state index in [1.54, 1.807) is 36.4 Å². The minimum Gasteiger partial charge on any atom is -0.447 e. The summed E-state index contributed by atoms with van der Waals surface area (Å²) in [5.41, 5.74) is 2.17. The van der Waals surface area contributed by atoms with Crippen molar-refractivity contribution in [1.29, 1.82) is 5.26 Å². The summed E-state index contributed by atoms with van der Waals surface area (Å²) in [5, 5.41) is 11.3. The number of pyridine rings is 1. The molecule has 0 radical (unpaired) electrons. The molecule has 1 saturated heterocycles. The Morgan fingerprint density at radius 2 is 1.71 bits per heavy atom. The van der Waals surface area contributed by atoms with Gasteiger partial charge in [-0.1, -0.05) is 46.9 Å². The molecule has 31 heavy (non-hydrogen) atoms. The number of amides is 1. The summed E-state index contributed by atoms with van der Waals surface area (Å²) < 4.78 is 5.23. The zero-order chi connectivity index (χ0) is 22.3. The summed E-state index contributed by atoms with van der Waals surface area (Å²) in [7, 11) is 0. The number of anilines is 1. The van der Waals surface area contributed by atoms with Crippen LogP contribution in [0.5, 0.6) is 0 Å². The number of ether oxygens (including phenoxy) is 1. The summed E-state index contributed by atoms with van der Waals surface area (Å²) in [4.78, 5) is 18.7. The topological polar surface area (TPSA) is 66.2 Å². The molecule has 0 spiro atoms. The number of aromatic nitrogens is 1. The third kappa shape index (κ3) is 3.95. The van der Waals surface area contributed by atoms with E-state index < -0.39 is 11.6 Å². The van der Waals surface area contributed by atoms with Crippen molar-refractivity contribution in [3.05, 3.63) is 69.2 Å². The van der Waals surface area contributed by atoms with Crippen LogP contribution in [0.1, 0.15) is 19.4 Å². The Morgan fingerprint density at radius 3 is 2.29 bits per heavy atom. The Bertz CT molecular complexity index is 1230. The third-order valence-electron chi connectivity index (χ3n) is 5.01. The molecule has 1 aromatic heterocycles. The number of carbonyl (C=O) groups is 1. The van der Waals surface area contributed by atoms with Crippen molar-refractivity contribution >= 4 is 46.7 Å². The summed E-state index contributed by atoms with van der Waals surface area (Å²) in [5.74, 6) is 0.216. The van der Waals surface area contributed by atoms with Crippen LogP contribution in [-0.2, 0) is 4.74 Å². The molecule has 8 heteroatoms. The Morgan fingerprint density at radius 1 is 1.03 bits per heavy atom. The predicted octanol–water partition coefficient (Wildman–Crippen LogP) is 6.98. The molecule has 3 aromatic rings. The number of hydrogen-bond acceptors (Lipinski definition) is 4. The van der Waals surface area contributed by atoms with Crippen LogP contribution in [0, 0.1) is 11.3 Å². The van der Waals surface area contributed by atoms with Gasteiger partial charge in [0.25, 0.3) is 0 Å². The van der Waals surface area contributed by atoms with Gasteiger partial charge in [0.2, 0.25) is 0 Å². The Balaban J connectivity index is 2.03. The van der Waals surface area contributed by atoms with Crippen molar-refractivity contribution in [3.63, 3.8) is 0 Å². The van der Waals surface area contributed by atoms with Crippen LogP contribution in [0.25, 0.3) is 22.4 Å². The maximum atomic E-state index is 12.5. The van der Waals surface area contributed by atoms with Gasteiger partial charge in [-0.15, -0.1) is 0 Å². The largest absolute Gasteiger partial charge is 0.447 e. The number of cyclic esters (lactones) is 1. The third-order valence-corrected chi connectivity index (χ3v) is 5.81. The second-order valence-corrected chi connectivity index (χ2v) is 8.98. The molecule has 0 saturated carbocycles. The van der Waals surface area contributed by atoms with E-state index in [1.807, 2.05) is 26.0 Å². The number of nitrogens with zero attached hydrogens (tertiary/aromatic N) is 3. The fourth-order valence-corrected chi connectivity index (χ4v) is 4.10. The molecule has 0 bridgehead atoms. The lowest BCUT2D eigenvalue weighted by Gasteiger charge is -2.28. The Hall–Kier alpha value is -2.78. The van der Waals surface area contributed by atoms with E-state index in [9.17, 15) is 10.1 Å². The van der Waals surface area contributed by atoms with Crippen LogP contribution in [0.2, 0.25) is 15.1 Å². The normalized spacial score (nSPS) is 15.0. The zero-order valence-electron chi connectivity index (χ0n) is 16.6. The van der Waals surface area contributed by atoms with Crippen LogP contribution in [0.15, 0.2) is 48.5 Å². The monoisotopic (exact) mass is 471 g/mol. The number of nitriles is 1. The summed E-state index contributed by atoms with van der Waals surface area (Å²) >= 11 is 18.6. The predicted molar refractivity (Wildman–Crippen MR) is 123 cm³/mol. The second kappa shape index (κ2) is 8.05. The molecule has 0 unspecified atom stereocenters. The van der Waals surface area contributed by atoms with E-state index in [-0.39, 0.29) is 18.0 Å². The average molecular weight is 473 g/mol. The fraction of sp³-hybridized carbons (Fsp3) is 0.174. The van der Waals surface area contributed by atoms with Gasteiger partial charge in [-0.2, -0.15) is 5.26 Å². The molecule has 1 aliphatic heterocycles. The molecular formula is C23H16Cl3N3O2. The Kier molecular flexibility index (Phi) is 5.57. The van der Waals surface area contributed by atoms with E-state index in [4.69, 9.17) is 44.5 Å². The van der Waals surface area contributed by atoms with E-state index >= 15 is 0 Å². The van der Waals surface area contributed by atoms with Gasteiger partial charge in [0.05, 0.1) is 21.8 Å². The first-order valence-electron chi connectivity index (χ1n) is 9.35. The first-order chi connectivity index (χ1) is 14.7. The maximum absolute atomic E-state index is 12.5. The molecule has 2 heterocycles. The van der Waals surface area contributed by atoms with Crippen molar-refractivity contribution in [2.75, 3.05) is 11.5 Å². The van der Waals surface area contributed by atoms with Gasteiger partial charge < -0.3 is 4.74 Å². The molecule has 2 aromatic carbocycles. The standard InChI is InChI=1S/C23H16Cl3N3O2/c1-23(2)12-31-22(30)29(23)21-14(11-27)9-18(13-3-5-15(24)6-4-13)20(28-21)17-8-7-16(25)10-19(17)26/h3-10H,12H2,1-2H3. The lowest BCUT2D eigenvalue weighted by molar-refractivity contribution is 0.175. The highest BCUT2D eigenvalue weighted by molar-refractivity contribution is 6.36. The van der Waals surface area contributed by atoms with Crippen molar-refractivity contribution < 1.29 is 9.53 Å². The van der Waals surface area contributed by atoms with Crippen LogP contribution in [-0.4, -0.2) is 23.2 Å². The van der Waals surface area contributed by atoms with Gasteiger partial charge in [-0.25, -0.2) is 9.78 Å². The summed E-state index contributed by atoms with van der Waals surface area (Å²) in [6.07, 6.45) is -0.554.